The summed E-state index contributed by atoms with van der Waals surface area (Å²) in [6, 6.07) is -0.0750. The van der Waals surface area contributed by atoms with Gasteiger partial charge in [-0.15, -0.1) is 0 Å². The maximum absolute atomic E-state index is 12.0. The molecule has 0 saturated carbocycles. The van der Waals surface area contributed by atoms with Gasteiger partial charge in [-0.1, -0.05) is 13.8 Å². The first-order valence-electron chi connectivity index (χ1n) is 6.14. The van der Waals surface area contributed by atoms with Crippen LogP contribution < -0.4 is 10.6 Å². The Balaban J connectivity index is 2.42. The van der Waals surface area contributed by atoms with Gasteiger partial charge in [0.05, 0.1) is 24.8 Å². The quantitative estimate of drug-likeness (QED) is 0.698. The van der Waals surface area contributed by atoms with Crippen LogP contribution in [0.4, 0.5) is 0 Å². The molecular weight excluding hydrogens is 220 g/mol. The van der Waals surface area contributed by atoms with Crippen LogP contribution in [0.25, 0.3) is 0 Å². The number of hydrogen-bond donors (Lipinski definition) is 2. The highest BCUT2D eigenvalue weighted by Gasteiger charge is 2.30. The number of ether oxygens (including phenoxy) is 2. The Bertz CT molecular complexity index is 246. The molecule has 0 aliphatic carbocycles. The van der Waals surface area contributed by atoms with Crippen LogP contribution >= 0.6 is 0 Å². The van der Waals surface area contributed by atoms with E-state index < -0.39 is 0 Å². The number of carbonyl (C=O) groups excluding carboxylic acids is 1. The van der Waals surface area contributed by atoms with Gasteiger partial charge in [-0.25, -0.2) is 0 Å². The maximum Gasteiger partial charge on any atom is 0.237 e. The van der Waals surface area contributed by atoms with Gasteiger partial charge in [0, 0.05) is 20.8 Å². The molecule has 3 atom stereocenters. The molecule has 3 unspecified atom stereocenters. The van der Waals surface area contributed by atoms with E-state index in [1.807, 2.05) is 0 Å². The zero-order chi connectivity index (χ0) is 12.8. The van der Waals surface area contributed by atoms with Gasteiger partial charge in [0.2, 0.25) is 5.91 Å². The van der Waals surface area contributed by atoms with Gasteiger partial charge in [-0.2, -0.15) is 0 Å². The van der Waals surface area contributed by atoms with Crippen LogP contribution in [0.3, 0.4) is 0 Å². The highest BCUT2D eigenvalue weighted by atomic mass is 16.5. The van der Waals surface area contributed by atoms with Crippen molar-refractivity contribution in [1.29, 1.82) is 0 Å². The van der Waals surface area contributed by atoms with E-state index in [1.54, 1.807) is 14.2 Å². The molecule has 1 amide bonds. The molecule has 17 heavy (non-hydrogen) atoms. The Kier molecular flexibility index (Phi) is 5.88. The van der Waals surface area contributed by atoms with E-state index in [0.717, 1.165) is 13.0 Å². The van der Waals surface area contributed by atoms with Crippen molar-refractivity contribution in [3.05, 3.63) is 0 Å². The minimum Gasteiger partial charge on any atom is -0.383 e. The summed E-state index contributed by atoms with van der Waals surface area (Å²) in [6.45, 7) is 5.43. The lowest BCUT2D eigenvalue weighted by molar-refractivity contribution is -0.124. The van der Waals surface area contributed by atoms with E-state index in [9.17, 15) is 4.79 Å². The summed E-state index contributed by atoms with van der Waals surface area (Å²) < 4.78 is 10.3. The number of hydrogen-bond acceptors (Lipinski definition) is 4. The average molecular weight is 244 g/mol. The molecule has 1 aliphatic rings. The minimum absolute atomic E-state index is 0.0419. The molecule has 2 N–H and O–H groups in total. The average Bonchev–Trinajstić information content (AvgIpc) is 2.76. The molecule has 0 bridgehead atoms. The van der Waals surface area contributed by atoms with Gasteiger partial charge in [0.25, 0.3) is 0 Å². The van der Waals surface area contributed by atoms with Crippen molar-refractivity contribution < 1.29 is 14.3 Å². The fraction of sp³-hybridized carbons (Fsp3) is 0.917. The molecule has 1 heterocycles. The number of carbonyl (C=O) groups is 1. The third-order valence-electron chi connectivity index (χ3n) is 3.22. The van der Waals surface area contributed by atoms with Crippen molar-refractivity contribution in [2.45, 2.75) is 38.5 Å². The Hall–Kier alpha value is -0.650. The molecule has 5 nitrogen and oxygen atoms in total. The smallest absolute Gasteiger partial charge is 0.237 e. The number of amides is 1. The van der Waals surface area contributed by atoms with Crippen LogP contribution in [-0.4, -0.2) is 51.5 Å². The lowest BCUT2D eigenvalue weighted by atomic mass is 10.0. The molecule has 0 aromatic heterocycles. The molecular formula is C12H24N2O3. The second-order valence-corrected chi connectivity index (χ2v) is 4.87. The van der Waals surface area contributed by atoms with Crippen molar-refractivity contribution in [1.82, 2.24) is 10.6 Å². The third-order valence-corrected chi connectivity index (χ3v) is 3.22. The van der Waals surface area contributed by atoms with Gasteiger partial charge in [-0.3, -0.25) is 4.79 Å². The van der Waals surface area contributed by atoms with E-state index in [0.29, 0.717) is 12.5 Å². The fourth-order valence-electron chi connectivity index (χ4n) is 1.95. The largest absolute Gasteiger partial charge is 0.383 e. The first kappa shape index (κ1) is 14.4. The van der Waals surface area contributed by atoms with E-state index in [-0.39, 0.29) is 24.1 Å². The SMILES string of the molecule is COCC(NC(=O)C1CC(OC)CN1)C(C)C. The van der Waals surface area contributed by atoms with Crippen molar-refractivity contribution in [2.75, 3.05) is 27.4 Å². The lowest BCUT2D eigenvalue weighted by Crippen LogP contribution is -2.48. The zero-order valence-corrected chi connectivity index (χ0v) is 11.2. The van der Waals surface area contributed by atoms with Gasteiger partial charge < -0.3 is 20.1 Å². The summed E-state index contributed by atoms with van der Waals surface area (Å²) in [6.07, 6.45) is 0.880. The fourth-order valence-corrected chi connectivity index (χ4v) is 1.95. The number of rotatable bonds is 6. The summed E-state index contributed by atoms with van der Waals surface area (Å²) in [5.74, 6) is 0.402. The first-order valence-corrected chi connectivity index (χ1v) is 6.14. The van der Waals surface area contributed by atoms with Crippen molar-refractivity contribution in [3.63, 3.8) is 0 Å². The predicted octanol–water partition coefficient (Wildman–Crippen LogP) is 0.151. The molecule has 1 saturated heterocycles. The van der Waals surface area contributed by atoms with Crippen LogP contribution in [0.2, 0.25) is 0 Å². The number of methoxy groups -OCH3 is 2. The Labute approximate surface area is 103 Å². The normalized spacial score (nSPS) is 26.2. The molecule has 0 aromatic rings. The third kappa shape index (κ3) is 4.26. The van der Waals surface area contributed by atoms with Crippen molar-refractivity contribution >= 4 is 5.91 Å². The van der Waals surface area contributed by atoms with Crippen LogP contribution in [0, 0.1) is 5.92 Å². The highest BCUT2D eigenvalue weighted by molar-refractivity contribution is 5.82. The second kappa shape index (κ2) is 6.93. The van der Waals surface area contributed by atoms with Crippen molar-refractivity contribution in [2.24, 2.45) is 5.92 Å². The van der Waals surface area contributed by atoms with E-state index in [1.165, 1.54) is 0 Å². The van der Waals surface area contributed by atoms with E-state index in [2.05, 4.69) is 24.5 Å². The predicted molar refractivity (Wildman–Crippen MR) is 65.8 cm³/mol. The van der Waals surface area contributed by atoms with Crippen LogP contribution in [-0.2, 0) is 14.3 Å². The summed E-state index contributed by atoms with van der Waals surface area (Å²) in [5.41, 5.74) is 0. The Morgan fingerprint density at radius 3 is 2.65 bits per heavy atom. The zero-order valence-electron chi connectivity index (χ0n) is 11.2. The van der Waals surface area contributed by atoms with Crippen LogP contribution in [0.5, 0.6) is 0 Å². The van der Waals surface area contributed by atoms with Crippen LogP contribution in [0.1, 0.15) is 20.3 Å². The second-order valence-electron chi connectivity index (χ2n) is 4.87. The van der Waals surface area contributed by atoms with Crippen molar-refractivity contribution in [3.8, 4) is 0 Å². The number of nitrogens with one attached hydrogen (secondary N) is 2. The van der Waals surface area contributed by atoms with Gasteiger partial charge in [-0.05, 0) is 12.3 Å². The molecule has 5 heteroatoms. The highest BCUT2D eigenvalue weighted by Crippen LogP contribution is 2.10. The maximum atomic E-state index is 12.0. The molecule has 1 aliphatic heterocycles. The minimum atomic E-state index is -0.141. The van der Waals surface area contributed by atoms with Crippen LogP contribution in [0.15, 0.2) is 0 Å². The molecule has 0 aromatic carbocycles. The summed E-state index contributed by atoms with van der Waals surface area (Å²) >= 11 is 0. The van der Waals surface area contributed by atoms with Gasteiger partial charge in [0.1, 0.15) is 0 Å². The summed E-state index contributed by atoms with van der Waals surface area (Å²) in [5, 5.41) is 6.19. The standard InChI is InChI=1S/C12H24N2O3/c1-8(2)11(7-16-3)14-12(15)10-5-9(17-4)6-13-10/h8-11,13H,5-7H2,1-4H3,(H,14,15). The molecule has 100 valence electrons. The van der Waals surface area contributed by atoms with Gasteiger partial charge in [0.15, 0.2) is 0 Å². The Morgan fingerprint density at radius 1 is 1.47 bits per heavy atom. The summed E-state index contributed by atoms with van der Waals surface area (Å²) in [4.78, 5) is 12.0. The van der Waals surface area contributed by atoms with Gasteiger partial charge >= 0.3 is 0 Å². The molecule has 0 spiro atoms. The molecule has 0 radical (unpaired) electrons. The molecule has 1 fully saturated rings. The van der Waals surface area contributed by atoms with E-state index >= 15 is 0 Å². The first-order chi connectivity index (χ1) is 8.08. The lowest BCUT2D eigenvalue weighted by Gasteiger charge is -2.23. The summed E-state index contributed by atoms with van der Waals surface area (Å²) in [7, 11) is 3.32. The molecule has 1 rings (SSSR count). The Morgan fingerprint density at radius 2 is 2.18 bits per heavy atom. The topological polar surface area (TPSA) is 59.6 Å². The van der Waals surface area contributed by atoms with E-state index in [4.69, 9.17) is 9.47 Å². The monoisotopic (exact) mass is 244 g/mol.